The number of rotatable bonds is 4. The Balaban J connectivity index is 1.32. The van der Waals surface area contributed by atoms with Gasteiger partial charge in [0.1, 0.15) is 0 Å². The molecule has 1 atom stereocenters. The van der Waals surface area contributed by atoms with Crippen molar-refractivity contribution in [1.82, 2.24) is 19.5 Å². The summed E-state index contributed by atoms with van der Waals surface area (Å²) in [6.45, 7) is 5.35. The van der Waals surface area contributed by atoms with Gasteiger partial charge in [-0.3, -0.25) is 4.90 Å². The van der Waals surface area contributed by atoms with Gasteiger partial charge < -0.3 is 4.90 Å². The second-order valence-electron chi connectivity index (χ2n) is 8.06. The topological polar surface area (TPSA) is 36.7 Å². The number of benzene rings is 1. The van der Waals surface area contributed by atoms with Gasteiger partial charge in [-0.2, -0.15) is 5.10 Å². The minimum absolute atomic E-state index is 0.392. The van der Waals surface area contributed by atoms with Crippen LogP contribution in [0.1, 0.15) is 43.0 Å². The maximum atomic E-state index is 6.15. The summed E-state index contributed by atoms with van der Waals surface area (Å²) in [6, 6.07) is 12.5. The maximum Gasteiger partial charge on any atom is 0.156 e. The Labute approximate surface area is 170 Å². The third-order valence-corrected chi connectivity index (χ3v) is 6.20. The molecule has 0 N–H and O–H groups in total. The monoisotopic (exact) mass is 395 g/mol. The molecule has 0 saturated carbocycles. The molecule has 0 amide bonds. The Kier molecular flexibility index (Phi) is 4.95. The van der Waals surface area contributed by atoms with E-state index < -0.39 is 0 Å². The number of pyridine rings is 1. The zero-order valence-electron chi connectivity index (χ0n) is 16.1. The third kappa shape index (κ3) is 3.74. The lowest BCUT2D eigenvalue weighted by Crippen LogP contribution is -2.34. The number of fused-ring (bicyclic) bond motifs is 1. The Bertz CT molecular complexity index is 962. The normalized spacial score (nSPS) is 20.9. The molecular formula is C22H26ClN5. The van der Waals surface area contributed by atoms with Crippen LogP contribution in [-0.4, -0.2) is 45.7 Å². The standard InChI is InChI=1S/C22H26ClN5/c23-19-7-3-5-17(13-19)14-26-10-4-6-18(15-26)22-24-21-9-8-20(16-28(21)25-22)27-11-1-2-12-27/h3,5,7-9,13,16,18H,1-2,4,6,10-12,14-15H2. The number of hydrogen-bond donors (Lipinski definition) is 0. The van der Waals surface area contributed by atoms with Gasteiger partial charge in [0.05, 0.1) is 11.9 Å². The van der Waals surface area contributed by atoms with E-state index in [-0.39, 0.29) is 0 Å². The molecule has 0 spiro atoms. The van der Waals surface area contributed by atoms with E-state index in [1.165, 1.54) is 30.5 Å². The van der Waals surface area contributed by atoms with Crippen molar-refractivity contribution in [3.8, 4) is 0 Å². The highest BCUT2D eigenvalue weighted by Crippen LogP contribution is 2.27. The quantitative estimate of drug-likeness (QED) is 0.657. The molecule has 0 radical (unpaired) electrons. The summed E-state index contributed by atoms with van der Waals surface area (Å²) in [5.41, 5.74) is 3.48. The molecule has 0 bridgehead atoms. The Morgan fingerprint density at radius 2 is 1.93 bits per heavy atom. The van der Waals surface area contributed by atoms with Crippen molar-refractivity contribution >= 4 is 22.9 Å². The van der Waals surface area contributed by atoms with Crippen LogP contribution < -0.4 is 4.90 Å². The summed E-state index contributed by atoms with van der Waals surface area (Å²) in [4.78, 5) is 9.79. The lowest BCUT2D eigenvalue weighted by atomic mass is 9.97. The summed E-state index contributed by atoms with van der Waals surface area (Å²) < 4.78 is 1.97. The molecule has 6 heteroatoms. The number of halogens is 1. The van der Waals surface area contributed by atoms with E-state index in [9.17, 15) is 0 Å². The molecule has 146 valence electrons. The van der Waals surface area contributed by atoms with E-state index in [2.05, 4.69) is 40.3 Å². The van der Waals surface area contributed by atoms with Crippen LogP contribution in [0, 0.1) is 0 Å². The number of anilines is 1. The van der Waals surface area contributed by atoms with Gasteiger partial charge in [-0.15, -0.1) is 0 Å². The second-order valence-corrected chi connectivity index (χ2v) is 8.49. The molecule has 2 aromatic heterocycles. The van der Waals surface area contributed by atoms with Crippen LogP contribution in [0.2, 0.25) is 5.02 Å². The number of likely N-dealkylation sites (tertiary alicyclic amines) is 1. The van der Waals surface area contributed by atoms with Crippen molar-refractivity contribution in [3.05, 3.63) is 59.0 Å². The first kappa shape index (κ1) is 18.0. The molecule has 3 aromatic rings. The maximum absolute atomic E-state index is 6.15. The van der Waals surface area contributed by atoms with Gasteiger partial charge in [0.25, 0.3) is 0 Å². The summed E-state index contributed by atoms with van der Waals surface area (Å²) in [5, 5.41) is 5.66. The summed E-state index contributed by atoms with van der Waals surface area (Å²) in [7, 11) is 0. The Hall–Kier alpha value is -2.11. The molecule has 28 heavy (non-hydrogen) atoms. The van der Waals surface area contributed by atoms with Gasteiger partial charge in [0, 0.05) is 37.1 Å². The van der Waals surface area contributed by atoms with E-state index in [4.69, 9.17) is 21.7 Å². The van der Waals surface area contributed by atoms with E-state index >= 15 is 0 Å². The Morgan fingerprint density at radius 1 is 1.04 bits per heavy atom. The smallest absolute Gasteiger partial charge is 0.156 e. The van der Waals surface area contributed by atoms with Crippen molar-refractivity contribution < 1.29 is 0 Å². The first-order valence-corrected chi connectivity index (χ1v) is 10.7. The lowest BCUT2D eigenvalue weighted by Gasteiger charge is -2.31. The van der Waals surface area contributed by atoms with Crippen molar-refractivity contribution in [1.29, 1.82) is 0 Å². The molecule has 2 fully saturated rings. The molecule has 4 heterocycles. The largest absolute Gasteiger partial charge is 0.370 e. The molecule has 0 aliphatic carbocycles. The van der Waals surface area contributed by atoms with Crippen LogP contribution in [0.5, 0.6) is 0 Å². The van der Waals surface area contributed by atoms with Crippen LogP contribution in [-0.2, 0) is 6.54 Å². The van der Waals surface area contributed by atoms with Gasteiger partial charge >= 0.3 is 0 Å². The third-order valence-electron chi connectivity index (χ3n) is 5.97. The average molecular weight is 396 g/mol. The van der Waals surface area contributed by atoms with E-state index in [1.807, 2.05) is 16.6 Å². The lowest BCUT2D eigenvalue weighted by molar-refractivity contribution is 0.196. The summed E-state index contributed by atoms with van der Waals surface area (Å²) in [6.07, 6.45) is 7.04. The molecular weight excluding hydrogens is 370 g/mol. The van der Waals surface area contributed by atoms with Crippen LogP contribution >= 0.6 is 11.6 Å². The molecule has 2 aliphatic heterocycles. The fourth-order valence-corrected chi connectivity index (χ4v) is 4.74. The van der Waals surface area contributed by atoms with Crippen LogP contribution in [0.15, 0.2) is 42.6 Å². The first-order valence-electron chi connectivity index (χ1n) is 10.3. The van der Waals surface area contributed by atoms with Crippen molar-refractivity contribution in [2.45, 2.75) is 38.1 Å². The van der Waals surface area contributed by atoms with E-state index in [0.29, 0.717) is 5.92 Å². The van der Waals surface area contributed by atoms with Gasteiger partial charge in [-0.1, -0.05) is 23.7 Å². The minimum Gasteiger partial charge on any atom is -0.370 e. The zero-order valence-corrected chi connectivity index (χ0v) is 16.9. The summed E-state index contributed by atoms with van der Waals surface area (Å²) >= 11 is 6.15. The minimum atomic E-state index is 0.392. The van der Waals surface area contributed by atoms with Gasteiger partial charge in [0.15, 0.2) is 11.5 Å². The molecule has 2 aliphatic rings. The predicted molar refractivity (Wildman–Crippen MR) is 113 cm³/mol. The fraction of sp³-hybridized carbons (Fsp3) is 0.455. The number of nitrogens with zero attached hydrogens (tertiary/aromatic N) is 5. The van der Waals surface area contributed by atoms with Crippen LogP contribution in [0.4, 0.5) is 5.69 Å². The molecule has 2 saturated heterocycles. The second kappa shape index (κ2) is 7.72. The predicted octanol–water partition coefficient (Wildman–Crippen LogP) is 4.36. The van der Waals surface area contributed by atoms with Crippen LogP contribution in [0.25, 0.3) is 5.65 Å². The van der Waals surface area contributed by atoms with Gasteiger partial charge in [-0.05, 0) is 62.1 Å². The molecule has 5 nitrogen and oxygen atoms in total. The van der Waals surface area contributed by atoms with Crippen molar-refractivity contribution in [2.24, 2.45) is 0 Å². The van der Waals surface area contributed by atoms with E-state index in [0.717, 1.165) is 55.6 Å². The zero-order chi connectivity index (χ0) is 18.9. The number of piperidine rings is 1. The highest BCUT2D eigenvalue weighted by Gasteiger charge is 2.25. The SMILES string of the molecule is Clc1cccc(CN2CCCC(c3nc4ccc(N5CCCC5)cn4n3)C2)c1. The first-order chi connectivity index (χ1) is 13.7. The highest BCUT2D eigenvalue weighted by atomic mass is 35.5. The number of hydrogen-bond acceptors (Lipinski definition) is 4. The van der Waals surface area contributed by atoms with Crippen molar-refractivity contribution in [2.75, 3.05) is 31.1 Å². The summed E-state index contributed by atoms with van der Waals surface area (Å²) in [5.74, 6) is 1.37. The van der Waals surface area contributed by atoms with Gasteiger partial charge in [0.2, 0.25) is 0 Å². The number of aromatic nitrogens is 3. The van der Waals surface area contributed by atoms with Crippen molar-refractivity contribution in [3.63, 3.8) is 0 Å². The molecule has 5 rings (SSSR count). The van der Waals surface area contributed by atoms with Crippen LogP contribution in [0.3, 0.4) is 0 Å². The highest BCUT2D eigenvalue weighted by molar-refractivity contribution is 6.30. The fourth-order valence-electron chi connectivity index (χ4n) is 4.53. The Morgan fingerprint density at radius 3 is 2.79 bits per heavy atom. The molecule has 1 unspecified atom stereocenters. The van der Waals surface area contributed by atoms with Gasteiger partial charge in [-0.25, -0.2) is 9.50 Å². The molecule has 1 aromatic carbocycles. The average Bonchev–Trinajstić information content (AvgIpc) is 3.37. The van der Waals surface area contributed by atoms with E-state index in [1.54, 1.807) is 0 Å².